The summed E-state index contributed by atoms with van der Waals surface area (Å²) in [5, 5.41) is 0. The molecule has 0 aliphatic heterocycles. The number of aryl methyl sites for hydroxylation is 2. The second-order valence-corrected chi connectivity index (χ2v) is 3.41. The predicted octanol–water partition coefficient (Wildman–Crippen LogP) is 2.66. The van der Waals surface area contributed by atoms with Crippen molar-refractivity contribution in [2.75, 3.05) is 0 Å². The van der Waals surface area contributed by atoms with Crippen molar-refractivity contribution in [3.05, 3.63) is 34.9 Å². The average Bonchev–Trinajstić information content (AvgIpc) is 2.19. The van der Waals surface area contributed by atoms with E-state index in [1.165, 1.54) is 29.5 Å². The Morgan fingerprint density at radius 3 is 2.46 bits per heavy atom. The summed E-state index contributed by atoms with van der Waals surface area (Å²) in [5.74, 6) is 0. The Balaban J connectivity index is 2.93. The van der Waals surface area contributed by atoms with Crippen LogP contribution in [0.5, 0.6) is 0 Å². The molecule has 72 valence electrons. The van der Waals surface area contributed by atoms with Crippen LogP contribution in [0.25, 0.3) is 0 Å². The Kier molecular flexibility index (Phi) is 3.97. The van der Waals surface area contributed by atoms with E-state index in [0.717, 1.165) is 6.42 Å². The van der Waals surface area contributed by atoms with E-state index in [1.807, 2.05) is 0 Å². The Labute approximate surface area is 81.0 Å². The third kappa shape index (κ3) is 2.56. The van der Waals surface area contributed by atoms with Crippen LogP contribution in [0.3, 0.4) is 0 Å². The van der Waals surface area contributed by atoms with Gasteiger partial charge in [0, 0.05) is 6.54 Å². The fourth-order valence-electron chi connectivity index (χ4n) is 1.65. The van der Waals surface area contributed by atoms with Crippen molar-refractivity contribution in [1.82, 2.24) is 0 Å². The summed E-state index contributed by atoms with van der Waals surface area (Å²) in [6.07, 6.45) is 3.52. The summed E-state index contributed by atoms with van der Waals surface area (Å²) < 4.78 is 0. The zero-order chi connectivity index (χ0) is 9.68. The molecule has 2 N–H and O–H groups in total. The average molecular weight is 177 g/mol. The Bertz CT molecular complexity index is 266. The first-order valence-electron chi connectivity index (χ1n) is 5.12. The van der Waals surface area contributed by atoms with Gasteiger partial charge in [-0.15, -0.1) is 0 Å². The van der Waals surface area contributed by atoms with Gasteiger partial charge >= 0.3 is 0 Å². The van der Waals surface area contributed by atoms with Gasteiger partial charge in [0.15, 0.2) is 0 Å². The van der Waals surface area contributed by atoms with Crippen molar-refractivity contribution < 1.29 is 0 Å². The van der Waals surface area contributed by atoms with Gasteiger partial charge in [0.25, 0.3) is 0 Å². The minimum atomic E-state index is 0.652. The highest BCUT2D eigenvalue weighted by molar-refractivity contribution is 5.32. The quantitative estimate of drug-likeness (QED) is 0.751. The van der Waals surface area contributed by atoms with Crippen LogP contribution >= 0.6 is 0 Å². The molecule has 0 aliphatic rings. The standard InChI is InChI=1S/C12H19N/c1-3-5-12-7-6-10(9-13)8-11(12)4-2/h6-8H,3-5,9,13H2,1-2H3. The first-order chi connectivity index (χ1) is 6.31. The van der Waals surface area contributed by atoms with Crippen molar-refractivity contribution in [3.63, 3.8) is 0 Å². The highest BCUT2D eigenvalue weighted by Crippen LogP contribution is 2.14. The SMILES string of the molecule is CCCc1ccc(CN)cc1CC. The minimum Gasteiger partial charge on any atom is -0.326 e. The molecule has 0 atom stereocenters. The summed E-state index contributed by atoms with van der Waals surface area (Å²) in [7, 11) is 0. The maximum absolute atomic E-state index is 5.60. The lowest BCUT2D eigenvalue weighted by atomic mass is 9.99. The third-order valence-corrected chi connectivity index (χ3v) is 2.41. The zero-order valence-corrected chi connectivity index (χ0v) is 8.64. The topological polar surface area (TPSA) is 26.0 Å². The van der Waals surface area contributed by atoms with Crippen molar-refractivity contribution in [3.8, 4) is 0 Å². The number of hydrogen-bond donors (Lipinski definition) is 1. The molecule has 0 fully saturated rings. The fraction of sp³-hybridized carbons (Fsp3) is 0.500. The third-order valence-electron chi connectivity index (χ3n) is 2.41. The van der Waals surface area contributed by atoms with E-state index in [9.17, 15) is 0 Å². The van der Waals surface area contributed by atoms with E-state index >= 15 is 0 Å². The smallest absolute Gasteiger partial charge is 0.0178 e. The van der Waals surface area contributed by atoms with E-state index in [1.54, 1.807) is 0 Å². The fourth-order valence-corrected chi connectivity index (χ4v) is 1.65. The summed E-state index contributed by atoms with van der Waals surface area (Å²) in [6, 6.07) is 6.61. The molecular formula is C12H19N. The molecule has 13 heavy (non-hydrogen) atoms. The van der Waals surface area contributed by atoms with Crippen LogP contribution < -0.4 is 5.73 Å². The van der Waals surface area contributed by atoms with E-state index in [-0.39, 0.29) is 0 Å². The van der Waals surface area contributed by atoms with E-state index in [2.05, 4.69) is 32.0 Å². The molecule has 0 aromatic heterocycles. The van der Waals surface area contributed by atoms with Gasteiger partial charge in [-0.3, -0.25) is 0 Å². The van der Waals surface area contributed by atoms with Gasteiger partial charge in [0.1, 0.15) is 0 Å². The summed E-state index contributed by atoms with van der Waals surface area (Å²) in [4.78, 5) is 0. The summed E-state index contributed by atoms with van der Waals surface area (Å²) in [5.41, 5.74) is 9.80. The van der Waals surface area contributed by atoms with Crippen LogP contribution in [-0.2, 0) is 19.4 Å². The zero-order valence-electron chi connectivity index (χ0n) is 8.64. The molecule has 1 heteroatoms. The van der Waals surface area contributed by atoms with Crippen LogP contribution in [0.4, 0.5) is 0 Å². The van der Waals surface area contributed by atoms with E-state index < -0.39 is 0 Å². The monoisotopic (exact) mass is 177 g/mol. The molecule has 0 saturated heterocycles. The highest BCUT2D eigenvalue weighted by Gasteiger charge is 2.00. The maximum atomic E-state index is 5.60. The van der Waals surface area contributed by atoms with Gasteiger partial charge in [0.05, 0.1) is 0 Å². The molecule has 0 bridgehead atoms. The van der Waals surface area contributed by atoms with E-state index in [0.29, 0.717) is 6.54 Å². The number of hydrogen-bond acceptors (Lipinski definition) is 1. The van der Waals surface area contributed by atoms with Crippen molar-refractivity contribution >= 4 is 0 Å². The second kappa shape index (κ2) is 5.03. The van der Waals surface area contributed by atoms with Gasteiger partial charge in [-0.25, -0.2) is 0 Å². The Hall–Kier alpha value is -0.820. The number of rotatable bonds is 4. The van der Waals surface area contributed by atoms with Crippen molar-refractivity contribution in [1.29, 1.82) is 0 Å². The second-order valence-electron chi connectivity index (χ2n) is 3.41. The Morgan fingerprint density at radius 2 is 1.92 bits per heavy atom. The molecule has 1 aromatic rings. The first kappa shape index (κ1) is 10.3. The largest absolute Gasteiger partial charge is 0.326 e. The molecule has 0 amide bonds. The lowest BCUT2D eigenvalue weighted by molar-refractivity contribution is 0.894. The number of nitrogens with two attached hydrogens (primary N) is 1. The lowest BCUT2D eigenvalue weighted by Gasteiger charge is -2.08. The van der Waals surface area contributed by atoms with Crippen LogP contribution in [-0.4, -0.2) is 0 Å². The van der Waals surface area contributed by atoms with Gasteiger partial charge in [0.2, 0.25) is 0 Å². The van der Waals surface area contributed by atoms with E-state index in [4.69, 9.17) is 5.73 Å². The van der Waals surface area contributed by atoms with Crippen LogP contribution in [0.15, 0.2) is 18.2 Å². The van der Waals surface area contributed by atoms with Gasteiger partial charge < -0.3 is 5.73 Å². The summed E-state index contributed by atoms with van der Waals surface area (Å²) >= 11 is 0. The van der Waals surface area contributed by atoms with Gasteiger partial charge in [-0.05, 0) is 29.5 Å². The Morgan fingerprint density at radius 1 is 1.15 bits per heavy atom. The molecule has 0 spiro atoms. The van der Waals surface area contributed by atoms with Gasteiger partial charge in [-0.2, -0.15) is 0 Å². The molecule has 0 saturated carbocycles. The summed E-state index contributed by atoms with van der Waals surface area (Å²) in [6.45, 7) is 5.07. The predicted molar refractivity (Wildman–Crippen MR) is 57.7 cm³/mol. The first-order valence-corrected chi connectivity index (χ1v) is 5.12. The van der Waals surface area contributed by atoms with Crippen LogP contribution in [0.2, 0.25) is 0 Å². The lowest BCUT2D eigenvalue weighted by Crippen LogP contribution is -1.99. The minimum absolute atomic E-state index is 0.652. The number of benzene rings is 1. The molecule has 0 radical (unpaired) electrons. The molecule has 0 heterocycles. The molecule has 1 rings (SSSR count). The van der Waals surface area contributed by atoms with Gasteiger partial charge in [-0.1, -0.05) is 38.5 Å². The molecular weight excluding hydrogens is 158 g/mol. The normalized spacial score (nSPS) is 10.4. The molecule has 1 nitrogen and oxygen atoms in total. The maximum Gasteiger partial charge on any atom is 0.0178 e. The van der Waals surface area contributed by atoms with Crippen LogP contribution in [0, 0.1) is 0 Å². The van der Waals surface area contributed by atoms with Crippen molar-refractivity contribution in [2.45, 2.75) is 39.7 Å². The molecule has 0 aliphatic carbocycles. The van der Waals surface area contributed by atoms with Crippen LogP contribution in [0.1, 0.15) is 37.0 Å². The molecule has 1 aromatic carbocycles. The highest BCUT2D eigenvalue weighted by atomic mass is 14.5. The van der Waals surface area contributed by atoms with Crippen molar-refractivity contribution in [2.24, 2.45) is 5.73 Å². The molecule has 0 unspecified atom stereocenters.